The van der Waals surface area contributed by atoms with E-state index in [1.807, 2.05) is 6.92 Å². The van der Waals surface area contributed by atoms with Gasteiger partial charge in [0, 0.05) is 12.6 Å². The highest BCUT2D eigenvalue weighted by molar-refractivity contribution is 7.17. The van der Waals surface area contributed by atoms with Crippen molar-refractivity contribution in [2.45, 2.75) is 46.1 Å². The Bertz CT molecular complexity index is 396. The van der Waals surface area contributed by atoms with Crippen LogP contribution in [0.15, 0.2) is 0 Å². The minimum Gasteiger partial charge on any atom is -0.345 e. The summed E-state index contributed by atoms with van der Waals surface area (Å²) < 4.78 is 0. The number of rotatable bonds is 6. The van der Waals surface area contributed by atoms with Gasteiger partial charge in [-0.3, -0.25) is 4.79 Å². The molecular formula is C13H20N2OS. The summed E-state index contributed by atoms with van der Waals surface area (Å²) in [6, 6.07) is 0.450. The molecule has 1 aromatic heterocycles. The quantitative estimate of drug-likeness (QED) is 0.729. The van der Waals surface area contributed by atoms with E-state index in [-0.39, 0.29) is 0 Å². The van der Waals surface area contributed by atoms with Gasteiger partial charge in [0.15, 0.2) is 11.4 Å². The molecule has 94 valence electrons. The van der Waals surface area contributed by atoms with Crippen molar-refractivity contribution in [3.63, 3.8) is 0 Å². The van der Waals surface area contributed by atoms with E-state index in [0.717, 1.165) is 40.9 Å². The maximum absolute atomic E-state index is 11.0. The van der Waals surface area contributed by atoms with Gasteiger partial charge in [-0.15, -0.1) is 0 Å². The number of carbonyl (C=O) groups excluding carboxylic acids is 1. The van der Waals surface area contributed by atoms with Crippen LogP contribution in [0, 0.1) is 5.92 Å². The Balaban J connectivity index is 2.21. The molecule has 1 aromatic rings. The van der Waals surface area contributed by atoms with E-state index < -0.39 is 0 Å². The van der Waals surface area contributed by atoms with Gasteiger partial charge in [-0.25, -0.2) is 4.98 Å². The van der Waals surface area contributed by atoms with Crippen molar-refractivity contribution in [2.24, 2.45) is 5.92 Å². The second-order valence-corrected chi connectivity index (χ2v) is 5.98. The van der Waals surface area contributed by atoms with Gasteiger partial charge in [-0.2, -0.15) is 0 Å². The van der Waals surface area contributed by atoms with Crippen molar-refractivity contribution >= 4 is 22.8 Å². The smallest absolute Gasteiger partial charge is 0.186 e. The van der Waals surface area contributed by atoms with E-state index >= 15 is 0 Å². The number of thiazole rings is 1. The summed E-state index contributed by atoms with van der Waals surface area (Å²) in [5.74, 6) is 0.839. The first-order valence-corrected chi connectivity index (χ1v) is 7.18. The molecule has 17 heavy (non-hydrogen) atoms. The molecule has 1 heterocycles. The SMILES string of the molecule is CCc1nc(N(CC2CC2)C(C)C)sc1C=O. The lowest BCUT2D eigenvalue weighted by molar-refractivity contribution is 0.112. The topological polar surface area (TPSA) is 33.2 Å². The van der Waals surface area contributed by atoms with Crippen molar-refractivity contribution < 1.29 is 4.79 Å². The van der Waals surface area contributed by atoms with Crippen LogP contribution in [0.4, 0.5) is 5.13 Å². The molecule has 0 aliphatic heterocycles. The van der Waals surface area contributed by atoms with Crippen LogP contribution in [0.3, 0.4) is 0 Å². The van der Waals surface area contributed by atoms with Gasteiger partial charge in [0.2, 0.25) is 0 Å². The number of aromatic nitrogens is 1. The molecule has 0 atom stereocenters. The molecule has 0 unspecified atom stereocenters. The zero-order chi connectivity index (χ0) is 12.4. The predicted molar refractivity (Wildman–Crippen MR) is 72.1 cm³/mol. The van der Waals surface area contributed by atoms with Gasteiger partial charge in [-0.1, -0.05) is 18.3 Å². The summed E-state index contributed by atoms with van der Waals surface area (Å²) in [5.41, 5.74) is 0.946. The molecule has 0 aromatic carbocycles. The van der Waals surface area contributed by atoms with Crippen molar-refractivity contribution in [3.8, 4) is 0 Å². The number of hydrogen-bond donors (Lipinski definition) is 0. The zero-order valence-electron chi connectivity index (χ0n) is 10.8. The summed E-state index contributed by atoms with van der Waals surface area (Å²) in [7, 11) is 0. The summed E-state index contributed by atoms with van der Waals surface area (Å²) in [6.45, 7) is 7.52. The largest absolute Gasteiger partial charge is 0.345 e. The first-order chi connectivity index (χ1) is 8.15. The lowest BCUT2D eigenvalue weighted by Gasteiger charge is -2.26. The number of nitrogens with zero attached hydrogens (tertiary/aromatic N) is 2. The third-order valence-corrected chi connectivity index (χ3v) is 4.24. The van der Waals surface area contributed by atoms with Crippen molar-refractivity contribution in [2.75, 3.05) is 11.4 Å². The fraction of sp³-hybridized carbons (Fsp3) is 0.692. The molecule has 3 nitrogen and oxygen atoms in total. The van der Waals surface area contributed by atoms with Gasteiger partial charge in [-0.05, 0) is 39.0 Å². The molecule has 1 aliphatic carbocycles. The van der Waals surface area contributed by atoms with E-state index in [9.17, 15) is 4.79 Å². The zero-order valence-corrected chi connectivity index (χ0v) is 11.6. The minimum absolute atomic E-state index is 0.450. The lowest BCUT2D eigenvalue weighted by atomic mass is 10.3. The maximum atomic E-state index is 11.0. The Morgan fingerprint density at radius 3 is 2.65 bits per heavy atom. The number of hydrogen-bond acceptors (Lipinski definition) is 4. The van der Waals surface area contributed by atoms with Gasteiger partial charge < -0.3 is 4.90 Å². The Labute approximate surface area is 107 Å². The number of aldehydes is 1. The molecule has 0 spiro atoms. The van der Waals surface area contributed by atoms with Gasteiger partial charge in [0.25, 0.3) is 0 Å². The van der Waals surface area contributed by atoms with E-state index in [1.165, 1.54) is 24.2 Å². The van der Waals surface area contributed by atoms with Crippen LogP contribution in [-0.4, -0.2) is 23.9 Å². The second kappa shape index (κ2) is 5.17. The van der Waals surface area contributed by atoms with Crippen LogP contribution in [0.25, 0.3) is 0 Å². The van der Waals surface area contributed by atoms with E-state index in [2.05, 4.69) is 23.7 Å². The lowest BCUT2D eigenvalue weighted by Crippen LogP contribution is -2.32. The van der Waals surface area contributed by atoms with Crippen LogP contribution in [0.1, 0.15) is 49.0 Å². The van der Waals surface area contributed by atoms with Crippen molar-refractivity contribution in [3.05, 3.63) is 10.6 Å². The third kappa shape index (κ3) is 2.86. The standard InChI is InChI=1S/C13H20N2OS/c1-4-11-12(8-16)17-13(14-11)15(9(2)3)7-10-5-6-10/h8-10H,4-7H2,1-3H3. The molecule has 1 saturated carbocycles. The van der Waals surface area contributed by atoms with Crippen molar-refractivity contribution in [1.29, 1.82) is 0 Å². The molecule has 1 fully saturated rings. The Hall–Kier alpha value is -0.900. The Morgan fingerprint density at radius 2 is 2.24 bits per heavy atom. The molecule has 4 heteroatoms. The van der Waals surface area contributed by atoms with E-state index in [4.69, 9.17) is 0 Å². The van der Waals surface area contributed by atoms with Crippen LogP contribution >= 0.6 is 11.3 Å². The summed E-state index contributed by atoms with van der Waals surface area (Å²) in [4.78, 5) is 18.7. The number of carbonyl (C=O) groups is 1. The average Bonchev–Trinajstić information content (AvgIpc) is 3.03. The predicted octanol–water partition coefficient (Wildman–Crippen LogP) is 3.14. The Kier molecular flexibility index (Phi) is 3.82. The molecule has 0 N–H and O–H groups in total. The van der Waals surface area contributed by atoms with E-state index in [1.54, 1.807) is 0 Å². The first-order valence-electron chi connectivity index (χ1n) is 6.37. The molecule has 0 bridgehead atoms. The Morgan fingerprint density at radius 1 is 1.53 bits per heavy atom. The summed E-state index contributed by atoms with van der Waals surface area (Å²) >= 11 is 1.54. The molecular weight excluding hydrogens is 232 g/mol. The van der Waals surface area contributed by atoms with Crippen LogP contribution in [-0.2, 0) is 6.42 Å². The summed E-state index contributed by atoms with van der Waals surface area (Å²) in [6.07, 6.45) is 4.46. The second-order valence-electron chi connectivity index (χ2n) is 4.97. The van der Waals surface area contributed by atoms with E-state index in [0.29, 0.717) is 6.04 Å². The normalized spacial score (nSPS) is 15.3. The van der Waals surface area contributed by atoms with Crippen LogP contribution in [0.2, 0.25) is 0 Å². The fourth-order valence-corrected chi connectivity index (χ4v) is 3.02. The molecule has 2 rings (SSSR count). The van der Waals surface area contributed by atoms with Gasteiger partial charge in [0.1, 0.15) is 0 Å². The summed E-state index contributed by atoms with van der Waals surface area (Å²) in [5, 5.41) is 1.02. The van der Waals surface area contributed by atoms with Gasteiger partial charge in [0.05, 0.1) is 10.6 Å². The van der Waals surface area contributed by atoms with Gasteiger partial charge >= 0.3 is 0 Å². The van der Waals surface area contributed by atoms with Crippen LogP contribution < -0.4 is 4.90 Å². The highest BCUT2D eigenvalue weighted by Gasteiger charge is 2.27. The fourth-order valence-electron chi connectivity index (χ4n) is 1.91. The molecule has 0 radical (unpaired) electrons. The minimum atomic E-state index is 0.450. The first kappa shape index (κ1) is 12.6. The third-order valence-electron chi connectivity index (χ3n) is 3.18. The highest BCUT2D eigenvalue weighted by Crippen LogP contribution is 2.34. The average molecular weight is 252 g/mol. The number of anilines is 1. The maximum Gasteiger partial charge on any atom is 0.186 e. The molecule has 0 amide bonds. The highest BCUT2D eigenvalue weighted by atomic mass is 32.1. The van der Waals surface area contributed by atoms with Crippen LogP contribution in [0.5, 0.6) is 0 Å². The monoisotopic (exact) mass is 252 g/mol. The molecule has 1 aliphatic rings. The number of aryl methyl sites for hydroxylation is 1. The molecule has 0 saturated heterocycles. The van der Waals surface area contributed by atoms with Crippen molar-refractivity contribution in [1.82, 2.24) is 4.98 Å².